The molecule has 2 atom stereocenters. The minimum atomic E-state index is 0.810. The van der Waals surface area contributed by atoms with Crippen LogP contribution in [0.5, 0.6) is 0 Å². The monoisotopic (exact) mass is 402 g/mol. The van der Waals surface area contributed by atoms with Gasteiger partial charge in [0.1, 0.15) is 0 Å². The number of aryl methyl sites for hydroxylation is 2. The van der Waals surface area contributed by atoms with E-state index in [9.17, 15) is 0 Å². The van der Waals surface area contributed by atoms with E-state index in [-0.39, 0.29) is 0 Å². The summed E-state index contributed by atoms with van der Waals surface area (Å²) in [6.45, 7) is 13.8. The van der Waals surface area contributed by atoms with E-state index in [4.69, 9.17) is 12.6 Å². The predicted octanol–water partition coefficient (Wildman–Crippen LogP) is 9.27. The summed E-state index contributed by atoms with van der Waals surface area (Å²) in [5.41, 5.74) is 5.72. The van der Waals surface area contributed by atoms with Crippen molar-refractivity contribution in [1.82, 2.24) is 0 Å². The van der Waals surface area contributed by atoms with E-state index in [1.54, 1.807) is 5.57 Å². The molecule has 1 aromatic rings. The normalized spacial score (nSPS) is 14.3. The third-order valence-electron chi connectivity index (χ3n) is 6.40. The Bertz CT molecular complexity index is 584. The molecule has 0 bridgehead atoms. The first-order chi connectivity index (χ1) is 13.3. The van der Waals surface area contributed by atoms with Gasteiger partial charge < -0.3 is 0 Å². The highest BCUT2D eigenvalue weighted by Gasteiger charge is 2.09. The third kappa shape index (κ3) is 10.2. The second-order valence-corrected chi connectivity index (χ2v) is 9.73. The average molecular weight is 403 g/mol. The molecule has 0 fully saturated rings. The smallest absolute Gasteiger partial charge is 0.0104 e. The van der Waals surface area contributed by atoms with Crippen LogP contribution in [0.3, 0.4) is 0 Å². The van der Waals surface area contributed by atoms with Crippen molar-refractivity contribution >= 4 is 12.6 Å². The fraction of sp³-hybridized carbons (Fsp3) is 0.704. The Hall–Kier alpha value is -0.690. The van der Waals surface area contributed by atoms with Gasteiger partial charge in [-0.2, -0.15) is 0 Å². The summed E-state index contributed by atoms with van der Waals surface area (Å²) in [5, 5.41) is 0. The zero-order valence-corrected chi connectivity index (χ0v) is 20.5. The molecule has 1 aromatic carbocycles. The van der Waals surface area contributed by atoms with Gasteiger partial charge in [0.05, 0.1) is 0 Å². The highest BCUT2D eigenvalue weighted by Crippen LogP contribution is 2.26. The number of benzene rings is 1. The van der Waals surface area contributed by atoms with Crippen LogP contribution in [0.1, 0.15) is 109 Å². The van der Waals surface area contributed by atoms with Crippen molar-refractivity contribution in [2.45, 2.75) is 117 Å². The molecule has 0 radical (unpaired) electrons. The predicted molar refractivity (Wildman–Crippen MR) is 131 cm³/mol. The van der Waals surface area contributed by atoms with Gasteiger partial charge in [-0.15, -0.1) is 12.6 Å². The van der Waals surface area contributed by atoms with Gasteiger partial charge >= 0.3 is 0 Å². The lowest BCUT2D eigenvalue weighted by Gasteiger charge is -2.16. The van der Waals surface area contributed by atoms with E-state index in [1.165, 1.54) is 92.2 Å². The van der Waals surface area contributed by atoms with Crippen molar-refractivity contribution in [1.29, 1.82) is 0 Å². The second kappa shape index (κ2) is 14.3. The maximum absolute atomic E-state index is 4.75. The van der Waals surface area contributed by atoms with Crippen LogP contribution < -0.4 is 0 Å². The zero-order chi connectivity index (χ0) is 20.9. The van der Waals surface area contributed by atoms with Crippen LogP contribution in [0.2, 0.25) is 0 Å². The molecule has 1 heteroatoms. The molecule has 2 unspecified atom stereocenters. The number of thiol groups is 1. The Morgan fingerprint density at radius 1 is 0.964 bits per heavy atom. The Kier molecular flexibility index (Phi) is 13.0. The topological polar surface area (TPSA) is 0 Å². The number of hydrogen-bond acceptors (Lipinski definition) is 1. The van der Waals surface area contributed by atoms with E-state index >= 15 is 0 Å². The average Bonchev–Trinajstić information content (AvgIpc) is 2.66. The van der Waals surface area contributed by atoms with Crippen LogP contribution >= 0.6 is 12.6 Å². The molecule has 1 rings (SSSR count). The molecule has 0 aliphatic carbocycles. The van der Waals surface area contributed by atoms with E-state index in [1.807, 2.05) is 0 Å². The van der Waals surface area contributed by atoms with E-state index in [0.717, 1.165) is 11.8 Å². The van der Waals surface area contributed by atoms with Crippen LogP contribution in [0.15, 0.2) is 28.7 Å². The lowest BCUT2D eigenvalue weighted by molar-refractivity contribution is 0.405. The van der Waals surface area contributed by atoms with Gasteiger partial charge in [-0.25, -0.2) is 0 Å². The fourth-order valence-corrected chi connectivity index (χ4v) is 4.31. The first kappa shape index (κ1) is 25.3. The molecule has 0 aliphatic heterocycles. The Morgan fingerprint density at radius 3 is 2.29 bits per heavy atom. The zero-order valence-electron chi connectivity index (χ0n) is 19.6. The molecule has 0 N–H and O–H groups in total. The molecule has 0 saturated carbocycles. The van der Waals surface area contributed by atoms with Crippen LogP contribution in [-0.2, 0) is 6.42 Å². The van der Waals surface area contributed by atoms with Crippen molar-refractivity contribution in [3.63, 3.8) is 0 Å². The molecule has 0 aromatic heterocycles. The van der Waals surface area contributed by atoms with Crippen molar-refractivity contribution in [3.05, 3.63) is 40.5 Å². The summed E-state index contributed by atoms with van der Waals surface area (Å²) < 4.78 is 0. The number of rotatable bonds is 14. The van der Waals surface area contributed by atoms with Gasteiger partial charge in [0, 0.05) is 4.90 Å². The molecule has 160 valence electrons. The molecular weight excluding hydrogens is 356 g/mol. The highest BCUT2D eigenvalue weighted by molar-refractivity contribution is 7.80. The van der Waals surface area contributed by atoms with Crippen LogP contribution in [-0.4, -0.2) is 0 Å². The van der Waals surface area contributed by atoms with Crippen molar-refractivity contribution in [2.75, 3.05) is 0 Å². The molecule has 28 heavy (non-hydrogen) atoms. The molecule has 0 saturated heterocycles. The van der Waals surface area contributed by atoms with E-state index in [0.29, 0.717) is 0 Å². The van der Waals surface area contributed by atoms with Gasteiger partial charge in [-0.3, -0.25) is 0 Å². The summed E-state index contributed by atoms with van der Waals surface area (Å²) >= 11 is 4.75. The van der Waals surface area contributed by atoms with Crippen LogP contribution in [0.4, 0.5) is 0 Å². The molecule has 0 aliphatic rings. The number of hydrogen-bond donors (Lipinski definition) is 1. The van der Waals surface area contributed by atoms with Crippen molar-refractivity contribution in [2.24, 2.45) is 11.8 Å². The largest absolute Gasteiger partial charge is 0.143 e. The molecule has 0 amide bonds. The molecule has 0 nitrogen and oxygen atoms in total. The van der Waals surface area contributed by atoms with Crippen molar-refractivity contribution < 1.29 is 0 Å². The van der Waals surface area contributed by atoms with Crippen LogP contribution in [0.25, 0.3) is 0 Å². The number of unbranched alkanes of at least 4 members (excludes halogenated alkanes) is 2. The second-order valence-electron chi connectivity index (χ2n) is 9.28. The lowest BCUT2D eigenvalue weighted by atomic mass is 9.91. The minimum absolute atomic E-state index is 0.810. The maximum Gasteiger partial charge on any atom is 0.0104 e. The van der Waals surface area contributed by atoms with Gasteiger partial charge in [0.25, 0.3) is 0 Å². The minimum Gasteiger partial charge on any atom is -0.143 e. The Morgan fingerprint density at radius 2 is 1.61 bits per heavy atom. The summed E-state index contributed by atoms with van der Waals surface area (Å²) in [4.78, 5) is 1.21. The first-order valence-corrected chi connectivity index (χ1v) is 12.2. The van der Waals surface area contributed by atoms with Crippen LogP contribution in [0, 0.1) is 25.7 Å². The van der Waals surface area contributed by atoms with Gasteiger partial charge in [0.2, 0.25) is 0 Å². The summed E-state index contributed by atoms with van der Waals surface area (Å²) in [6, 6.07) is 4.52. The summed E-state index contributed by atoms with van der Waals surface area (Å²) in [5.74, 6) is 1.68. The number of allylic oxidation sites excluding steroid dienone is 2. The highest BCUT2D eigenvalue weighted by atomic mass is 32.1. The quantitative estimate of drug-likeness (QED) is 0.179. The van der Waals surface area contributed by atoms with Crippen molar-refractivity contribution in [3.8, 4) is 0 Å². The summed E-state index contributed by atoms with van der Waals surface area (Å²) in [6.07, 6.45) is 17.0. The molecular formula is C27H46S. The first-order valence-electron chi connectivity index (χ1n) is 11.8. The van der Waals surface area contributed by atoms with Gasteiger partial charge in [0.15, 0.2) is 0 Å². The van der Waals surface area contributed by atoms with Gasteiger partial charge in [-0.05, 0) is 81.4 Å². The van der Waals surface area contributed by atoms with E-state index in [2.05, 4.69) is 59.8 Å². The fourth-order valence-electron chi connectivity index (χ4n) is 3.95. The standard InChI is InChI=1S/C27H46S/c1-7-8-9-12-21(2)13-10-14-22(3)15-11-16-23(4)17-19-26-20-18-24(5)25(6)27(26)28/h12,18,20,22-23,28H,7-11,13-17,19H2,1-6H3/b21-12+. The lowest BCUT2D eigenvalue weighted by Crippen LogP contribution is -2.02. The summed E-state index contributed by atoms with van der Waals surface area (Å²) in [7, 11) is 0. The Labute approximate surface area is 182 Å². The molecule has 0 heterocycles. The Balaban J connectivity index is 2.18. The SMILES string of the molecule is CCCC/C=C(\C)CCCC(C)CCCC(C)CCc1ccc(C)c(C)c1S. The maximum atomic E-state index is 4.75. The molecule has 0 spiro atoms. The van der Waals surface area contributed by atoms with Gasteiger partial charge in [-0.1, -0.05) is 83.1 Å². The third-order valence-corrected chi connectivity index (χ3v) is 7.03. The van der Waals surface area contributed by atoms with E-state index < -0.39 is 0 Å².